The molecule has 3 aliphatic rings. The van der Waals surface area contributed by atoms with Crippen LogP contribution in [0, 0.1) is 11.8 Å². The molecule has 0 aromatic heterocycles. The third-order valence-corrected chi connectivity index (χ3v) is 3.39. The lowest BCUT2D eigenvalue weighted by Gasteiger charge is -2.29. The van der Waals surface area contributed by atoms with Gasteiger partial charge in [-0.25, -0.2) is 0 Å². The summed E-state index contributed by atoms with van der Waals surface area (Å²) in [5, 5.41) is 3.09. The average Bonchev–Trinajstić information content (AvgIpc) is 2.61. The van der Waals surface area contributed by atoms with Crippen LogP contribution < -0.4 is 5.32 Å². The van der Waals surface area contributed by atoms with Crippen molar-refractivity contribution in [3.05, 3.63) is 0 Å². The van der Waals surface area contributed by atoms with Gasteiger partial charge >= 0.3 is 0 Å². The maximum Gasteiger partial charge on any atom is 0.236 e. The number of nitrogens with zero attached hydrogens (tertiary/aromatic N) is 1. The monoisotopic (exact) mass is 182 g/mol. The smallest absolute Gasteiger partial charge is 0.236 e. The number of amides is 1. The van der Waals surface area contributed by atoms with Crippen molar-refractivity contribution in [1.82, 2.24) is 10.2 Å². The molecule has 0 aromatic rings. The summed E-state index contributed by atoms with van der Waals surface area (Å²) in [6.45, 7) is 4.09. The molecule has 0 spiro atoms. The van der Waals surface area contributed by atoms with Crippen molar-refractivity contribution in [3.63, 3.8) is 0 Å². The molecule has 2 atom stereocenters. The molecule has 13 heavy (non-hydrogen) atoms. The van der Waals surface area contributed by atoms with Gasteiger partial charge in [-0.15, -0.1) is 0 Å². The Labute approximate surface area is 77.2 Å². The number of ether oxygens (including phenoxy) is 1. The van der Waals surface area contributed by atoms with Crippen LogP contribution in [0.4, 0.5) is 0 Å². The summed E-state index contributed by atoms with van der Waals surface area (Å²) in [7, 11) is 0. The molecule has 3 rings (SSSR count). The van der Waals surface area contributed by atoms with Gasteiger partial charge in [0.1, 0.15) is 0 Å². The Morgan fingerprint density at radius 3 is 2.85 bits per heavy atom. The van der Waals surface area contributed by atoms with E-state index in [-0.39, 0.29) is 5.91 Å². The molecule has 1 saturated carbocycles. The van der Waals surface area contributed by atoms with Crippen molar-refractivity contribution in [3.8, 4) is 0 Å². The molecule has 2 aliphatic heterocycles. The minimum atomic E-state index is 0.269. The van der Waals surface area contributed by atoms with Crippen molar-refractivity contribution < 1.29 is 9.53 Å². The molecule has 4 heteroatoms. The van der Waals surface area contributed by atoms with E-state index in [2.05, 4.69) is 5.32 Å². The third-order valence-electron chi connectivity index (χ3n) is 3.39. The van der Waals surface area contributed by atoms with Crippen LogP contribution in [0.1, 0.15) is 0 Å². The second-order valence-corrected chi connectivity index (χ2v) is 4.12. The Kier molecular flexibility index (Phi) is 1.60. The van der Waals surface area contributed by atoms with E-state index in [1.807, 2.05) is 4.90 Å². The van der Waals surface area contributed by atoms with Gasteiger partial charge in [0.2, 0.25) is 5.91 Å². The number of hydrogen-bond donors (Lipinski definition) is 1. The van der Waals surface area contributed by atoms with Crippen molar-refractivity contribution in [2.24, 2.45) is 11.8 Å². The average molecular weight is 182 g/mol. The minimum absolute atomic E-state index is 0.269. The summed E-state index contributed by atoms with van der Waals surface area (Å²) in [6, 6.07) is 0.517. The molecule has 72 valence electrons. The Bertz CT molecular complexity index is 234. The van der Waals surface area contributed by atoms with Gasteiger partial charge in [0.25, 0.3) is 0 Å². The van der Waals surface area contributed by atoms with Gasteiger partial charge in [0, 0.05) is 31.0 Å². The summed E-state index contributed by atoms with van der Waals surface area (Å²) < 4.78 is 5.31. The van der Waals surface area contributed by atoms with Crippen LogP contribution >= 0.6 is 0 Å². The quantitative estimate of drug-likeness (QED) is 0.569. The molecule has 2 saturated heterocycles. The molecule has 2 unspecified atom stereocenters. The standard InChI is InChI=1S/C9H14N2O2/c12-8-3-10-1-2-11(8)9-6-4-13-5-7(6)9/h6-7,9-10H,1-5H2. The largest absolute Gasteiger partial charge is 0.381 e. The highest BCUT2D eigenvalue weighted by Crippen LogP contribution is 2.47. The Balaban J connectivity index is 1.68. The van der Waals surface area contributed by atoms with Crippen LogP contribution in [0.2, 0.25) is 0 Å². The highest BCUT2D eigenvalue weighted by molar-refractivity contribution is 5.79. The number of piperazine rings is 1. The first-order valence-electron chi connectivity index (χ1n) is 4.96. The first-order valence-corrected chi connectivity index (χ1v) is 4.96. The first kappa shape index (κ1) is 7.76. The second kappa shape index (κ2) is 2.69. The first-order chi connectivity index (χ1) is 6.38. The van der Waals surface area contributed by atoms with E-state index in [9.17, 15) is 4.79 Å². The van der Waals surface area contributed by atoms with Crippen LogP contribution in [0.25, 0.3) is 0 Å². The number of fused-ring (bicyclic) bond motifs is 1. The summed E-state index contributed by atoms with van der Waals surface area (Å²) >= 11 is 0. The molecule has 1 N–H and O–H groups in total. The lowest BCUT2D eigenvalue weighted by molar-refractivity contribution is -0.133. The third kappa shape index (κ3) is 1.09. The SMILES string of the molecule is O=C1CNCCN1C1C2COCC21. The van der Waals surface area contributed by atoms with Crippen LogP contribution in [0.5, 0.6) is 0 Å². The second-order valence-electron chi connectivity index (χ2n) is 4.12. The maximum atomic E-state index is 11.5. The molecule has 0 bridgehead atoms. The van der Waals surface area contributed by atoms with E-state index in [0.717, 1.165) is 26.3 Å². The van der Waals surface area contributed by atoms with Gasteiger partial charge in [0.15, 0.2) is 0 Å². The topological polar surface area (TPSA) is 41.6 Å². The highest BCUT2D eigenvalue weighted by atomic mass is 16.5. The predicted octanol–water partition coefficient (Wildman–Crippen LogP) is -0.937. The van der Waals surface area contributed by atoms with E-state index in [0.29, 0.717) is 24.4 Å². The molecule has 2 heterocycles. The summed E-state index contributed by atoms with van der Waals surface area (Å²) in [4.78, 5) is 13.6. The van der Waals surface area contributed by atoms with Crippen molar-refractivity contribution in [1.29, 1.82) is 0 Å². The van der Waals surface area contributed by atoms with Crippen molar-refractivity contribution in [2.45, 2.75) is 6.04 Å². The van der Waals surface area contributed by atoms with Gasteiger partial charge in [-0.3, -0.25) is 4.79 Å². The number of hydrogen-bond acceptors (Lipinski definition) is 3. The van der Waals surface area contributed by atoms with E-state index in [1.165, 1.54) is 0 Å². The van der Waals surface area contributed by atoms with Gasteiger partial charge < -0.3 is 15.0 Å². The van der Waals surface area contributed by atoms with Crippen LogP contribution in [0.15, 0.2) is 0 Å². The zero-order valence-corrected chi connectivity index (χ0v) is 7.53. The van der Waals surface area contributed by atoms with Crippen LogP contribution in [0.3, 0.4) is 0 Å². The molecular formula is C9H14N2O2. The predicted molar refractivity (Wildman–Crippen MR) is 46.2 cm³/mol. The Hall–Kier alpha value is -0.610. The van der Waals surface area contributed by atoms with Gasteiger partial charge in [-0.05, 0) is 0 Å². The zero-order valence-electron chi connectivity index (χ0n) is 7.53. The van der Waals surface area contributed by atoms with E-state index in [4.69, 9.17) is 4.74 Å². The fraction of sp³-hybridized carbons (Fsp3) is 0.889. The van der Waals surface area contributed by atoms with E-state index >= 15 is 0 Å². The number of carbonyl (C=O) groups excluding carboxylic acids is 1. The van der Waals surface area contributed by atoms with Crippen molar-refractivity contribution >= 4 is 5.91 Å². The highest BCUT2D eigenvalue weighted by Gasteiger charge is 2.58. The minimum Gasteiger partial charge on any atom is -0.381 e. The molecule has 0 radical (unpaired) electrons. The van der Waals surface area contributed by atoms with Crippen LogP contribution in [-0.4, -0.2) is 49.7 Å². The fourth-order valence-corrected chi connectivity index (χ4v) is 2.61. The fourth-order valence-electron chi connectivity index (χ4n) is 2.61. The normalized spacial score (nSPS) is 43.5. The zero-order chi connectivity index (χ0) is 8.84. The Morgan fingerprint density at radius 1 is 1.38 bits per heavy atom. The van der Waals surface area contributed by atoms with Gasteiger partial charge in [-0.2, -0.15) is 0 Å². The molecule has 3 fully saturated rings. The van der Waals surface area contributed by atoms with Gasteiger partial charge in [0.05, 0.1) is 19.8 Å². The summed E-state index contributed by atoms with van der Waals surface area (Å²) in [5.41, 5.74) is 0. The summed E-state index contributed by atoms with van der Waals surface area (Å²) in [6.07, 6.45) is 0. The van der Waals surface area contributed by atoms with Crippen LogP contribution in [-0.2, 0) is 9.53 Å². The number of rotatable bonds is 1. The molecule has 1 amide bonds. The lowest BCUT2D eigenvalue weighted by Crippen LogP contribution is -2.50. The van der Waals surface area contributed by atoms with E-state index in [1.54, 1.807) is 0 Å². The lowest BCUT2D eigenvalue weighted by atomic mass is 10.3. The summed E-state index contributed by atoms with van der Waals surface area (Å²) in [5.74, 6) is 1.58. The number of carbonyl (C=O) groups is 1. The Morgan fingerprint density at radius 2 is 2.15 bits per heavy atom. The molecule has 1 aliphatic carbocycles. The van der Waals surface area contributed by atoms with E-state index < -0.39 is 0 Å². The van der Waals surface area contributed by atoms with Crippen molar-refractivity contribution in [2.75, 3.05) is 32.8 Å². The maximum absolute atomic E-state index is 11.5. The molecule has 0 aromatic carbocycles. The molecular weight excluding hydrogens is 168 g/mol. The van der Waals surface area contributed by atoms with Gasteiger partial charge in [-0.1, -0.05) is 0 Å². The molecule has 4 nitrogen and oxygen atoms in total. The number of nitrogens with one attached hydrogen (secondary N) is 1.